The van der Waals surface area contributed by atoms with Crippen molar-refractivity contribution in [2.24, 2.45) is 5.41 Å². The molecule has 0 aliphatic heterocycles. The number of hydrogen-bond acceptors (Lipinski definition) is 5. The third kappa shape index (κ3) is 3.61. The predicted molar refractivity (Wildman–Crippen MR) is 71.9 cm³/mol. The second-order valence-corrected chi connectivity index (χ2v) is 5.06. The van der Waals surface area contributed by atoms with Crippen LogP contribution in [0.2, 0.25) is 5.02 Å². The van der Waals surface area contributed by atoms with E-state index in [1.54, 1.807) is 32.0 Å². The van der Waals surface area contributed by atoms with E-state index >= 15 is 0 Å². The maximum absolute atomic E-state index is 11.9. The van der Waals surface area contributed by atoms with Gasteiger partial charge in [0.05, 0.1) is 17.5 Å². The van der Waals surface area contributed by atoms with Gasteiger partial charge in [0.15, 0.2) is 0 Å². The molecule has 0 saturated heterocycles. The van der Waals surface area contributed by atoms with Crippen molar-refractivity contribution in [1.82, 2.24) is 0 Å². The molecular formula is C13H16ClNO4. The van der Waals surface area contributed by atoms with Gasteiger partial charge in [-0.3, -0.25) is 4.79 Å². The molecule has 19 heavy (non-hydrogen) atoms. The first-order valence-electron chi connectivity index (χ1n) is 5.59. The lowest BCUT2D eigenvalue weighted by Gasteiger charge is -2.21. The van der Waals surface area contributed by atoms with Gasteiger partial charge < -0.3 is 15.2 Å². The average Bonchev–Trinajstić information content (AvgIpc) is 2.35. The normalized spacial score (nSPS) is 10.9. The standard InChI is InChI=1S/C13H16ClNO4/c1-13(2,12(17)18-3)7-19-11(16)10-8(14)5-4-6-9(10)15/h4-6H,7,15H2,1-3H3. The Morgan fingerprint density at radius 3 is 2.53 bits per heavy atom. The van der Waals surface area contributed by atoms with E-state index in [1.165, 1.54) is 7.11 Å². The Bertz CT molecular complexity index is 479. The van der Waals surface area contributed by atoms with Crippen LogP contribution in [-0.4, -0.2) is 25.7 Å². The van der Waals surface area contributed by atoms with Crippen molar-refractivity contribution in [1.29, 1.82) is 0 Å². The summed E-state index contributed by atoms with van der Waals surface area (Å²) in [6, 6.07) is 4.72. The Morgan fingerprint density at radius 1 is 1.37 bits per heavy atom. The van der Waals surface area contributed by atoms with Gasteiger partial charge in [0, 0.05) is 5.69 Å². The monoisotopic (exact) mass is 285 g/mol. The van der Waals surface area contributed by atoms with Gasteiger partial charge in [-0.2, -0.15) is 0 Å². The minimum atomic E-state index is -0.930. The molecule has 0 amide bonds. The van der Waals surface area contributed by atoms with E-state index in [0.29, 0.717) is 0 Å². The van der Waals surface area contributed by atoms with E-state index in [0.717, 1.165) is 0 Å². The highest BCUT2D eigenvalue weighted by Crippen LogP contribution is 2.24. The van der Waals surface area contributed by atoms with E-state index < -0.39 is 17.4 Å². The van der Waals surface area contributed by atoms with Gasteiger partial charge in [0.25, 0.3) is 0 Å². The zero-order valence-electron chi connectivity index (χ0n) is 11.0. The van der Waals surface area contributed by atoms with Crippen molar-refractivity contribution in [3.63, 3.8) is 0 Å². The minimum Gasteiger partial charge on any atom is -0.469 e. The number of rotatable bonds is 4. The first kappa shape index (κ1) is 15.3. The molecule has 6 heteroatoms. The molecule has 104 valence electrons. The second kappa shape index (κ2) is 5.93. The van der Waals surface area contributed by atoms with Crippen LogP contribution in [0.15, 0.2) is 18.2 Å². The van der Waals surface area contributed by atoms with E-state index in [4.69, 9.17) is 22.1 Å². The SMILES string of the molecule is COC(=O)C(C)(C)COC(=O)c1c(N)cccc1Cl. The third-order valence-electron chi connectivity index (χ3n) is 2.55. The maximum atomic E-state index is 11.9. The van der Waals surface area contributed by atoms with Crippen LogP contribution in [-0.2, 0) is 14.3 Å². The summed E-state index contributed by atoms with van der Waals surface area (Å²) in [4.78, 5) is 23.4. The summed E-state index contributed by atoms with van der Waals surface area (Å²) >= 11 is 5.89. The average molecular weight is 286 g/mol. The number of nitrogens with two attached hydrogens (primary N) is 1. The van der Waals surface area contributed by atoms with E-state index in [2.05, 4.69) is 4.74 Å². The quantitative estimate of drug-likeness (QED) is 0.678. The second-order valence-electron chi connectivity index (χ2n) is 4.66. The molecule has 1 rings (SSSR count). The molecular weight excluding hydrogens is 270 g/mol. The van der Waals surface area contributed by atoms with Gasteiger partial charge >= 0.3 is 11.9 Å². The number of benzene rings is 1. The third-order valence-corrected chi connectivity index (χ3v) is 2.87. The van der Waals surface area contributed by atoms with Crippen LogP contribution in [0.1, 0.15) is 24.2 Å². The molecule has 0 bridgehead atoms. The molecule has 0 atom stereocenters. The van der Waals surface area contributed by atoms with Crippen molar-refractivity contribution in [3.8, 4) is 0 Å². The summed E-state index contributed by atoms with van der Waals surface area (Å²) in [5.41, 5.74) is 5.07. The molecule has 5 nitrogen and oxygen atoms in total. The number of anilines is 1. The summed E-state index contributed by atoms with van der Waals surface area (Å²) in [6.07, 6.45) is 0. The number of carbonyl (C=O) groups excluding carboxylic acids is 2. The van der Waals surface area contributed by atoms with Crippen LogP contribution < -0.4 is 5.73 Å². The smallest absolute Gasteiger partial charge is 0.341 e. The van der Waals surface area contributed by atoms with Gasteiger partial charge in [0.1, 0.15) is 12.2 Å². The van der Waals surface area contributed by atoms with Gasteiger partial charge in [-0.25, -0.2) is 4.79 Å². The fraction of sp³-hybridized carbons (Fsp3) is 0.385. The Balaban J connectivity index is 2.79. The van der Waals surface area contributed by atoms with Crippen molar-refractivity contribution < 1.29 is 19.1 Å². The molecule has 0 saturated carbocycles. The molecule has 1 aromatic rings. The fourth-order valence-electron chi connectivity index (χ4n) is 1.41. The molecule has 0 radical (unpaired) electrons. The molecule has 0 unspecified atom stereocenters. The molecule has 2 N–H and O–H groups in total. The molecule has 0 fully saturated rings. The summed E-state index contributed by atoms with van der Waals surface area (Å²) < 4.78 is 9.69. The summed E-state index contributed by atoms with van der Waals surface area (Å²) in [5.74, 6) is -1.13. The number of methoxy groups -OCH3 is 1. The first-order chi connectivity index (χ1) is 8.79. The van der Waals surface area contributed by atoms with E-state index in [-0.39, 0.29) is 22.9 Å². The van der Waals surface area contributed by atoms with Gasteiger partial charge in [-0.05, 0) is 26.0 Å². The van der Waals surface area contributed by atoms with Crippen LogP contribution in [0.4, 0.5) is 5.69 Å². The van der Waals surface area contributed by atoms with Crippen LogP contribution in [0, 0.1) is 5.41 Å². The molecule has 0 aromatic heterocycles. The molecule has 0 heterocycles. The maximum Gasteiger partial charge on any atom is 0.341 e. The number of ether oxygens (including phenoxy) is 2. The highest BCUT2D eigenvalue weighted by Gasteiger charge is 2.31. The number of hydrogen-bond donors (Lipinski definition) is 1. The van der Waals surface area contributed by atoms with Crippen LogP contribution in [0.3, 0.4) is 0 Å². The summed E-state index contributed by atoms with van der Waals surface area (Å²) in [5, 5.41) is 0.209. The van der Waals surface area contributed by atoms with Crippen LogP contribution in [0.25, 0.3) is 0 Å². The summed E-state index contributed by atoms with van der Waals surface area (Å²) in [7, 11) is 1.28. The van der Waals surface area contributed by atoms with Crippen LogP contribution in [0.5, 0.6) is 0 Å². The minimum absolute atomic E-state index is 0.102. The molecule has 0 spiro atoms. The van der Waals surface area contributed by atoms with E-state index in [9.17, 15) is 9.59 Å². The lowest BCUT2D eigenvalue weighted by atomic mass is 9.95. The number of halogens is 1. The molecule has 1 aromatic carbocycles. The van der Waals surface area contributed by atoms with Crippen molar-refractivity contribution in [2.45, 2.75) is 13.8 Å². The van der Waals surface area contributed by atoms with Gasteiger partial charge in [-0.15, -0.1) is 0 Å². The summed E-state index contributed by atoms with van der Waals surface area (Å²) in [6.45, 7) is 3.10. The number of esters is 2. The zero-order chi connectivity index (χ0) is 14.6. The molecule has 0 aliphatic carbocycles. The van der Waals surface area contributed by atoms with Gasteiger partial charge in [-0.1, -0.05) is 17.7 Å². The van der Waals surface area contributed by atoms with Crippen molar-refractivity contribution >= 4 is 29.2 Å². The Morgan fingerprint density at radius 2 is 2.00 bits per heavy atom. The Labute approximate surface area is 116 Å². The fourth-order valence-corrected chi connectivity index (χ4v) is 1.67. The van der Waals surface area contributed by atoms with E-state index in [1.807, 2.05) is 0 Å². The topological polar surface area (TPSA) is 78.6 Å². The van der Waals surface area contributed by atoms with Gasteiger partial charge in [0.2, 0.25) is 0 Å². The lowest BCUT2D eigenvalue weighted by Crippen LogP contribution is -2.32. The lowest BCUT2D eigenvalue weighted by molar-refractivity contribution is -0.152. The highest BCUT2D eigenvalue weighted by atomic mass is 35.5. The Hall–Kier alpha value is -1.75. The largest absolute Gasteiger partial charge is 0.469 e. The van der Waals surface area contributed by atoms with Crippen molar-refractivity contribution in [2.75, 3.05) is 19.5 Å². The van der Waals surface area contributed by atoms with Crippen molar-refractivity contribution in [3.05, 3.63) is 28.8 Å². The molecule has 0 aliphatic rings. The Kier molecular flexibility index (Phi) is 4.78. The number of nitrogen functional groups attached to an aromatic ring is 1. The zero-order valence-corrected chi connectivity index (χ0v) is 11.8. The number of carbonyl (C=O) groups is 2. The van der Waals surface area contributed by atoms with Crippen LogP contribution >= 0.6 is 11.6 Å². The highest BCUT2D eigenvalue weighted by molar-refractivity contribution is 6.34. The first-order valence-corrected chi connectivity index (χ1v) is 5.97. The predicted octanol–water partition coefficient (Wildman–Crippen LogP) is 2.28.